The second-order valence-corrected chi connectivity index (χ2v) is 6.47. The van der Waals surface area contributed by atoms with Crippen molar-refractivity contribution < 1.29 is 4.74 Å². The lowest BCUT2D eigenvalue weighted by atomic mass is 10.2. The van der Waals surface area contributed by atoms with Gasteiger partial charge in [0.15, 0.2) is 5.96 Å². The number of morpholine rings is 1. The van der Waals surface area contributed by atoms with Crippen LogP contribution < -0.4 is 10.6 Å². The molecule has 1 fully saturated rings. The fourth-order valence-corrected chi connectivity index (χ4v) is 2.80. The van der Waals surface area contributed by atoms with E-state index in [0.29, 0.717) is 5.15 Å². The third-order valence-electron chi connectivity index (χ3n) is 4.10. The number of unbranched alkanes of at least 4 members (excludes halogenated alkanes) is 1. The molecule has 0 bridgehead atoms. The van der Waals surface area contributed by atoms with Crippen LogP contribution in [0.2, 0.25) is 5.15 Å². The van der Waals surface area contributed by atoms with Crippen molar-refractivity contribution >= 4 is 41.5 Å². The van der Waals surface area contributed by atoms with Crippen molar-refractivity contribution in [1.29, 1.82) is 0 Å². The molecule has 2 N–H and O–H groups in total. The molecule has 2 heterocycles. The molecule has 2 rings (SSSR count). The monoisotopic (exact) mass is 495 g/mol. The van der Waals surface area contributed by atoms with Crippen LogP contribution in [0.25, 0.3) is 0 Å². The zero-order valence-electron chi connectivity index (χ0n) is 15.5. The van der Waals surface area contributed by atoms with E-state index in [0.717, 1.165) is 71.3 Å². The minimum absolute atomic E-state index is 0. The molecule has 6 nitrogen and oxygen atoms in total. The highest BCUT2D eigenvalue weighted by Crippen LogP contribution is 2.05. The van der Waals surface area contributed by atoms with Crippen LogP contribution in [0.5, 0.6) is 0 Å². The smallest absolute Gasteiger partial charge is 0.191 e. The summed E-state index contributed by atoms with van der Waals surface area (Å²) < 4.78 is 5.37. The van der Waals surface area contributed by atoms with Crippen molar-refractivity contribution in [3.05, 3.63) is 29.0 Å². The van der Waals surface area contributed by atoms with E-state index in [1.54, 1.807) is 0 Å². The Hall–Kier alpha value is -0.640. The van der Waals surface area contributed by atoms with Gasteiger partial charge in [0.2, 0.25) is 0 Å². The topological polar surface area (TPSA) is 61.8 Å². The van der Waals surface area contributed by atoms with E-state index >= 15 is 0 Å². The van der Waals surface area contributed by atoms with Crippen LogP contribution in [0.1, 0.15) is 25.3 Å². The van der Waals surface area contributed by atoms with Crippen LogP contribution in [-0.2, 0) is 11.2 Å². The Labute approximate surface area is 179 Å². The van der Waals surface area contributed by atoms with Gasteiger partial charge in [-0.15, -0.1) is 24.0 Å². The molecule has 8 heteroatoms. The van der Waals surface area contributed by atoms with Crippen LogP contribution >= 0.6 is 35.6 Å². The summed E-state index contributed by atoms with van der Waals surface area (Å²) in [6, 6.07) is 3.83. The Morgan fingerprint density at radius 3 is 2.77 bits per heavy atom. The highest BCUT2D eigenvalue weighted by molar-refractivity contribution is 14.0. The summed E-state index contributed by atoms with van der Waals surface area (Å²) in [7, 11) is 0. The summed E-state index contributed by atoms with van der Waals surface area (Å²) in [5.41, 5.74) is 1.17. The van der Waals surface area contributed by atoms with E-state index in [1.165, 1.54) is 12.0 Å². The van der Waals surface area contributed by atoms with Gasteiger partial charge in [0.05, 0.1) is 13.2 Å². The van der Waals surface area contributed by atoms with Gasteiger partial charge < -0.3 is 15.4 Å². The molecule has 1 saturated heterocycles. The van der Waals surface area contributed by atoms with Crippen molar-refractivity contribution in [3.63, 3.8) is 0 Å². The number of pyridine rings is 1. The predicted octanol–water partition coefficient (Wildman–Crippen LogP) is 2.56. The van der Waals surface area contributed by atoms with E-state index in [-0.39, 0.29) is 24.0 Å². The van der Waals surface area contributed by atoms with Gasteiger partial charge >= 0.3 is 0 Å². The number of hydrogen-bond acceptors (Lipinski definition) is 4. The van der Waals surface area contributed by atoms with Gasteiger partial charge in [-0.25, -0.2) is 4.98 Å². The van der Waals surface area contributed by atoms with Crippen molar-refractivity contribution in [2.75, 3.05) is 52.5 Å². The van der Waals surface area contributed by atoms with Crippen molar-refractivity contribution in [2.45, 2.75) is 26.2 Å². The molecule has 0 aromatic carbocycles. The Morgan fingerprint density at radius 1 is 1.27 bits per heavy atom. The van der Waals surface area contributed by atoms with E-state index in [1.807, 2.05) is 18.3 Å². The van der Waals surface area contributed by atoms with Crippen molar-refractivity contribution in [1.82, 2.24) is 20.5 Å². The molecule has 148 valence electrons. The Balaban J connectivity index is 0.00000338. The minimum Gasteiger partial charge on any atom is -0.379 e. The van der Waals surface area contributed by atoms with Crippen LogP contribution in [0.15, 0.2) is 23.3 Å². The van der Waals surface area contributed by atoms with Crippen LogP contribution in [-0.4, -0.2) is 68.3 Å². The number of nitrogens with zero attached hydrogens (tertiary/aromatic N) is 3. The number of aliphatic imine (C=N–C) groups is 1. The van der Waals surface area contributed by atoms with Gasteiger partial charge in [-0.3, -0.25) is 9.89 Å². The molecule has 1 aliphatic rings. The van der Waals surface area contributed by atoms with Gasteiger partial charge in [-0.05, 0) is 44.4 Å². The summed E-state index contributed by atoms with van der Waals surface area (Å²) in [5.74, 6) is 0.885. The van der Waals surface area contributed by atoms with Gasteiger partial charge in [0, 0.05) is 38.9 Å². The fourth-order valence-electron chi connectivity index (χ4n) is 2.68. The second-order valence-electron chi connectivity index (χ2n) is 6.09. The van der Waals surface area contributed by atoms with E-state index in [4.69, 9.17) is 16.3 Å². The molecule has 1 aromatic rings. The van der Waals surface area contributed by atoms with Crippen LogP contribution in [0.3, 0.4) is 0 Å². The van der Waals surface area contributed by atoms with Gasteiger partial charge in [0.1, 0.15) is 5.15 Å². The summed E-state index contributed by atoms with van der Waals surface area (Å²) in [5, 5.41) is 7.20. The molecule has 0 amide bonds. The lowest BCUT2D eigenvalue weighted by Crippen LogP contribution is -2.38. The first kappa shape index (κ1) is 23.4. The molecular formula is C18H31ClIN5O. The Bertz CT molecular complexity index is 509. The average Bonchev–Trinajstić information content (AvgIpc) is 2.64. The molecule has 26 heavy (non-hydrogen) atoms. The maximum Gasteiger partial charge on any atom is 0.191 e. The SMILES string of the molecule is CCNC(=NCCCCN1CCOCC1)NCCc1ccc(Cl)nc1.I. The summed E-state index contributed by atoms with van der Waals surface area (Å²) in [6.07, 6.45) is 5.00. The number of halogens is 2. The fraction of sp³-hybridized carbons (Fsp3) is 0.667. The molecule has 1 aliphatic heterocycles. The quantitative estimate of drug-likeness (QED) is 0.181. The van der Waals surface area contributed by atoms with E-state index in [9.17, 15) is 0 Å². The molecule has 1 aromatic heterocycles. The molecule has 0 saturated carbocycles. The third kappa shape index (κ3) is 9.89. The normalized spacial score (nSPS) is 15.4. The van der Waals surface area contributed by atoms with E-state index < -0.39 is 0 Å². The maximum atomic E-state index is 5.80. The minimum atomic E-state index is 0. The molecule has 0 unspecified atom stereocenters. The second kappa shape index (κ2) is 14.4. The number of ether oxygens (including phenoxy) is 1. The maximum absolute atomic E-state index is 5.80. The first-order chi connectivity index (χ1) is 12.3. The lowest BCUT2D eigenvalue weighted by molar-refractivity contribution is 0.0373. The predicted molar refractivity (Wildman–Crippen MR) is 119 cm³/mol. The molecule has 0 spiro atoms. The van der Waals surface area contributed by atoms with E-state index in [2.05, 4.69) is 32.4 Å². The summed E-state index contributed by atoms with van der Waals surface area (Å²) >= 11 is 5.80. The molecular weight excluding hydrogens is 465 g/mol. The summed E-state index contributed by atoms with van der Waals surface area (Å²) in [4.78, 5) is 11.2. The molecule has 0 aliphatic carbocycles. The average molecular weight is 496 g/mol. The third-order valence-corrected chi connectivity index (χ3v) is 4.32. The Kier molecular flexibility index (Phi) is 13.0. The lowest BCUT2D eigenvalue weighted by Gasteiger charge is -2.26. The Morgan fingerprint density at radius 2 is 2.08 bits per heavy atom. The van der Waals surface area contributed by atoms with Crippen LogP contribution in [0.4, 0.5) is 0 Å². The molecule has 0 atom stereocenters. The first-order valence-electron chi connectivity index (χ1n) is 9.20. The highest BCUT2D eigenvalue weighted by Gasteiger charge is 2.08. The zero-order valence-corrected chi connectivity index (χ0v) is 18.6. The summed E-state index contributed by atoms with van der Waals surface area (Å²) in [6.45, 7) is 9.63. The molecule has 0 radical (unpaired) electrons. The van der Waals surface area contributed by atoms with Crippen molar-refractivity contribution in [3.8, 4) is 0 Å². The largest absolute Gasteiger partial charge is 0.379 e. The zero-order chi connectivity index (χ0) is 17.7. The number of guanidine groups is 1. The number of nitrogens with one attached hydrogen (secondary N) is 2. The number of aromatic nitrogens is 1. The van der Waals surface area contributed by atoms with Gasteiger partial charge in [-0.2, -0.15) is 0 Å². The van der Waals surface area contributed by atoms with Crippen molar-refractivity contribution in [2.24, 2.45) is 4.99 Å². The van der Waals surface area contributed by atoms with Gasteiger partial charge in [-0.1, -0.05) is 17.7 Å². The first-order valence-corrected chi connectivity index (χ1v) is 9.58. The highest BCUT2D eigenvalue weighted by atomic mass is 127. The number of rotatable bonds is 9. The van der Waals surface area contributed by atoms with Gasteiger partial charge in [0.25, 0.3) is 0 Å². The van der Waals surface area contributed by atoms with Crippen LogP contribution in [0, 0.1) is 0 Å². The standard InChI is InChI=1S/C18H30ClN5O.HI/c1-2-20-18(22-9-7-16-5-6-17(19)23-15-16)21-8-3-4-10-24-11-13-25-14-12-24;/h5-6,15H,2-4,7-14H2,1H3,(H2,20,21,22);1H. The number of hydrogen-bond donors (Lipinski definition) is 2.